The lowest BCUT2D eigenvalue weighted by molar-refractivity contribution is 0.353. The van der Waals surface area contributed by atoms with Gasteiger partial charge in [0.2, 0.25) is 0 Å². The van der Waals surface area contributed by atoms with E-state index >= 15 is 0 Å². The zero-order valence-electron chi connectivity index (χ0n) is 30.1. The summed E-state index contributed by atoms with van der Waals surface area (Å²) in [5, 5.41) is 0. The molecule has 1 heterocycles. The first kappa shape index (κ1) is 32.2. The standard InChI is InChI=1S/C51H39N3/c1-4-15-35(16-5-1)37-19-13-23-42(32-37)49-52-48(36-17-6-2-7-18-36)53-50(54-49)43-24-14-22-40(33-43)38-20-12-21-39(31-38)41-27-28-47-45(34-41)44-25-8-9-26-46(44)51(47)29-10-3-11-30-51/h1-2,4-9,12-28,31-34H,3,10-11,29-30H2. The highest BCUT2D eigenvalue weighted by Gasteiger charge is 2.43. The Morgan fingerprint density at radius 1 is 0.296 bits per heavy atom. The van der Waals surface area contributed by atoms with Gasteiger partial charge < -0.3 is 0 Å². The highest BCUT2D eigenvalue weighted by Crippen LogP contribution is 2.56. The van der Waals surface area contributed by atoms with Gasteiger partial charge in [0.25, 0.3) is 0 Å². The van der Waals surface area contributed by atoms with Gasteiger partial charge in [0.15, 0.2) is 17.5 Å². The van der Waals surface area contributed by atoms with Crippen LogP contribution >= 0.6 is 0 Å². The van der Waals surface area contributed by atoms with Crippen molar-refractivity contribution in [3.05, 3.63) is 187 Å². The van der Waals surface area contributed by atoms with Gasteiger partial charge in [-0.25, -0.2) is 15.0 Å². The summed E-state index contributed by atoms with van der Waals surface area (Å²) >= 11 is 0. The van der Waals surface area contributed by atoms with Crippen LogP contribution in [0.15, 0.2) is 176 Å². The number of aromatic nitrogens is 3. The van der Waals surface area contributed by atoms with Crippen LogP contribution in [0, 0.1) is 0 Å². The lowest BCUT2D eigenvalue weighted by atomic mass is 9.68. The SMILES string of the molecule is c1ccc(-c2cccc(-c3nc(-c4ccccc4)nc(-c4cccc(-c5cccc(-c6ccc7c(c6)-c6ccccc6C76CCCCC6)c5)c4)n3)c2)cc1. The maximum atomic E-state index is 5.10. The van der Waals surface area contributed by atoms with Crippen molar-refractivity contribution in [2.75, 3.05) is 0 Å². The van der Waals surface area contributed by atoms with Crippen LogP contribution in [0.25, 0.3) is 78.7 Å². The van der Waals surface area contributed by atoms with E-state index in [1.54, 1.807) is 0 Å². The molecule has 0 unspecified atom stereocenters. The lowest BCUT2D eigenvalue weighted by Crippen LogP contribution is -2.27. The maximum Gasteiger partial charge on any atom is 0.164 e. The molecule has 0 amide bonds. The Morgan fingerprint density at radius 3 is 1.33 bits per heavy atom. The first-order valence-corrected chi connectivity index (χ1v) is 19.1. The van der Waals surface area contributed by atoms with Crippen molar-refractivity contribution in [1.82, 2.24) is 15.0 Å². The molecule has 0 atom stereocenters. The summed E-state index contributed by atoms with van der Waals surface area (Å²) in [6.07, 6.45) is 6.45. The molecule has 1 spiro atoms. The predicted molar refractivity (Wildman–Crippen MR) is 222 cm³/mol. The third-order valence-corrected chi connectivity index (χ3v) is 11.5. The van der Waals surface area contributed by atoms with Crippen molar-refractivity contribution in [1.29, 1.82) is 0 Å². The predicted octanol–water partition coefficient (Wildman–Crippen LogP) is 13.1. The summed E-state index contributed by atoms with van der Waals surface area (Å²) in [5.74, 6) is 1.95. The quantitative estimate of drug-likeness (QED) is 0.174. The number of benzene rings is 7. The molecule has 1 saturated carbocycles. The number of fused-ring (bicyclic) bond motifs is 5. The van der Waals surface area contributed by atoms with E-state index in [1.165, 1.54) is 65.5 Å². The second kappa shape index (κ2) is 13.5. The van der Waals surface area contributed by atoms with E-state index in [1.807, 2.05) is 24.3 Å². The fraction of sp³-hybridized carbons (Fsp3) is 0.118. The van der Waals surface area contributed by atoms with Crippen molar-refractivity contribution in [3.8, 4) is 78.7 Å². The summed E-state index contributed by atoms with van der Waals surface area (Å²) in [6, 6.07) is 62.9. The van der Waals surface area contributed by atoms with Crippen LogP contribution < -0.4 is 0 Å². The molecule has 7 aromatic carbocycles. The van der Waals surface area contributed by atoms with E-state index in [0.29, 0.717) is 17.5 Å². The van der Waals surface area contributed by atoms with Gasteiger partial charge in [-0.15, -0.1) is 0 Å². The van der Waals surface area contributed by atoms with Crippen LogP contribution in [0.4, 0.5) is 0 Å². The molecule has 0 aliphatic heterocycles. The monoisotopic (exact) mass is 693 g/mol. The molecular weight excluding hydrogens is 655 g/mol. The Kier molecular flexibility index (Phi) is 8.06. The number of rotatable bonds is 6. The topological polar surface area (TPSA) is 38.7 Å². The van der Waals surface area contributed by atoms with Crippen LogP contribution in [0.5, 0.6) is 0 Å². The molecule has 2 aliphatic carbocycles. The van der Waals surface area contributed by atoms with Crippen molar-refractivity contribution in [2.24, 2.45) is 0 Å². The van der Waals surface area contributed by atoms with Gasteiger partial charge in [-0.3, -0.25) is 0 Å². The molecule has 258 valence electrons. The van der Waals surface area contributed by atoms with Crippen LogP contribution in [0.1, 0.15) is 43.2 Å². The summed E-state index contributed by atoms with van der Waals surface area (Å²) in [7, 11) is 0. The van der Waals surface area contributed by atoms with Gasteiger partial charge in [-0.05, 0) is 92.7 Å². The molecule has 1 fully saturated rings. The lowest BCUT2D eigenvalue weighted by Gasteiger charge is -2.36. The number of hydrogen-bond acceptors (Lipinski definition) is 3. The first-order chi connectivity index (χ1) is 26.7. The van der Waals surface area contributed by atoms with Crippen LogP contribution in [0.3, 0.4) is 0 Å². The highest BCUT2D eigenvalue weighted by molar-refractivity contribution is 5.86. The minimum absolute atomic E-state index is 0.172. The largest absolute Gasteiger partial charge is 0.208 e. The van der Waals surface area contributed by atoms with E-state index in [2.05, 4.69) is 152 Å². The molecule has 10 rings (SSSR count). The van der Waals surface area contributed by atoms with Crippen molar-refractivity contribution < 1.29 is 0 Å². The molecular formula is C51H39N3. The fourth-order valence-corrected chi connectivity index (χ4v) is 8.87. The smallest absolute Gasteiger partial charge is 0.164 e. The molecule has 3 heteroatoms. The molecule has 54 heavy (non-hydrogen) atoms. The Bertz CT molecular complexity index is 2640. The molecule has 1 aromatic heterocycles. The van der Waals surface area contributed by atoms with Gasteiger partial charge >= 0.3 is 0 Å². The van der Waals surface area contributed by atoms with Gasteiger partial charge in [-0.1, -0.05) is 171 Å². The Hall–Kier alpha value is -6.45. The zero-order valence-corrected chi connectivity index (χ0v) is 30.1. The minimum atomic E-state index is 0.172. The minimum Gasteiger partial charge on any atom is -0.208 e. The molecule has 2 aliphatic rings. The molecule has 0 radical (unpaired) electrons. The zero-order chi connectivity index (χ0) is 35.9. The number of hydrogen-bond donors (Lipinski definition) is 0. The highest BCUT2D eigenvalue weighted by atomic mass is 15.0. The van der Waals surface area contributed by atoms with Crippen molar-refractivity contribution in [2.45, 2.75) is 37.5 Å². The summed E-state index contributed by atoms with van der Waals surface area (Å²) in [6.45, 7) is 0. The molecule has 8 aromatic rings. The first-order valence-electron chi connectivity index (χ1n) is 19.1. The van der Waals surface area contributed by atoms with E-state index < -0.39 is 0 Å². The van der Waals surface area contributed by atoms with Crippen molar-refractivity contribution >= 4 is 0 Å². The summed E-state index contributed by atoms with van der Waals surface area (Å²) < 4.78 is 0. The summed E-state index contributed by atoms with van der Waals surface area (Å²) in [4.78, 5) is 15.1. The van der Waals surface area contributed by atoms with E-state index in [0.717, 1.165) is 38.9 Å². The average molecular weight is 694 g/mol. The number of nitrogens with zero attached hydrogens (tertiary/aromatic N) is 3. The molecule has 3 nitrogen and oxygen atoms in total. The Morgan fingerprint density at radius 2 is 0.722 bits per heavy atom. The van der Waals surface area contributed by atoms with E-state index in [-0.39, 0.29) is 5.41 Å². The third kappa shape index (κ3) is 5.74. The van der Waals surface area contributed by atoms with E-state index in [4.69, 9.17) is 15.0 Å². The van der Waals surface area contributed by atoms with Gasteiger partial charge in [0.05, 0.1) is 0 Å². The normalized spacial score (nSPS) is 14.1. The molecule has 0 bridgehead atoms. The summed E-state index contributed by atoms with van der Waals surface area (Å²) in [5.41, 5.74) is 15.9. The maximum absolute atomic E-state index is 5.10. The Balaban J connectivity index is 1.03. The Labute approximate surface area is 317 Å². The second-order valence-electron chi connectivity index (χ2n) is 14.7. The average Bonchev–Trinajstić information content (AvgIpc) is 3.52. The van der Waals surface area contributed by atoms with Gasteiger partial charge in [-0.2, -0.15) is 0 Å². The van der Waals surface area contributed by atoms with Crippen LogP contribution in [-0.2, 0) is 5.41 Å². The molecule has 0 saturated heterocycles. The van der Waals surface area contributed by atoms with Crippen LogP contribution in [-0.4, -0.2) is 15.0 Å². The van der Waals surface area contributed by atoms with Crippen molar-refractivity contribution in [3.63, 3.8) is 0 Å². The van der Waals surface area contributed by atoms with Crippen LogP contribution in [0.2, 0.25) is 0 Å². The third-order valence-electron chi connectivity index (χ3n) is 11.5. The van der Waals surface area contributed by atoms with Gasteiger partial charge in [0, 0.05) is 22.1 Å². The van der Waals surface area contributed by atoms with Gasteiger partial charge in [0.1, 0.15) is 0 Å². The fourth-order valence-electron chi connectivity index (χ4n) is 8.87. The molecule has 0 N–H and O–H groups in total. The second-order valence-corrected chi connectivity index (χ2v) is 14.7. The van der Waals surface area contributed by atoms with E-state index in [9.17, 15) is 0 Å².